The number of amides is 3. The Hall–Kier alpha value is -4.21. The summed E-state index contributed by atoms with van der Waals surface area (Å²) in [6.45, 7) is 1.16. The van der Waals surface area contributed by atoms with E-state index in [9.17, 15) is 33.7 Å². The molecule has 2 atom stereocenters. The number of halogens is 1. The number of nitro benzene ring substituents is 1. The van der Waals surface area contributed by atoms with Gasteiger partial charge in [-0.25, -0.2) is 9.40 Å². The second kappa shape index (κ2) is 8.97. The van der Waals surface area contributed by atoms with Crippen LogP contribution in [0.15, 0.2) is 60.2 Å². The van der Waals surface area contributed by atoms with Crippen LogP contribution in [-0.2, 0) is 9.59 Å². The molecule has 4 rings (SSSR count). The maximum atomic E-state index is 13.4. The molecule has 1 saturated heterocycles. The largest absolute Gasteiger partial charge is 0.292 e. The number of imide groups is 1. The van der Waals surface area contributed by atoms with Gasteiger partial charge >= 0.3 is 0 Å². The van der Waals surface area contributed by atoms with Crippen molar-refractivity contribution in [3.63, 3.8) is 0 Å². The minimum absolute atomic E-state index is 0.0762. The van der Waals surface area contributed by atoms with Crippen LogP contribution in [0.25, 0.3) is 0 Å². The summed E-state index contributed by atoms with van der Waals surface area (Å²) in [5.41, 5.74) is 0.504. The zero-order valence-electron chi connectivity index (χ0n) is 18.1. The second-order valence-electron chi connectivity index (χ2n) is 8.29. The highest BCUT2D eigenvalue weighted by Crippen LogP contribution is 2.38. The number of Topliss-reactive ketones (excluding diaryl/α,β-unsaturated/α-hetero) is 1. The molecule has 1 heterocycles. The molecule has 0 aromatic heterocycles. The van der Waals surface area contributed by atoms with Crippen molar-refractivity contribution in [2.45, 2.75) is 19.8 Å². The molecule has 1 aliphatic carbocycles. The third kappa shape index (κ3) is 4.21. The minimum atomic E-state index is -0.913. The Morgan fingerprint density at radius 3 is 2.44 bits per heavy atom. The van der Waals surface area contributed by atoms with Gasteiger partial charge in [0.05, 0.1) is 16.8 Å². The van der Waals surface area contributed by atoms with E-state index >= 15 is 0 Å². The molecule has 2 aromatic rings. The molecule has 34 heavy (non-hydrogen) atoms. The van der Waals surface area contributed by atoms with Crippen LogP contribution in [0.5, 0.6) is 0 Å². The Morgan fingerprint density at radius 2 is 1.76 bits per heavy atom. The van der Waals surface area contributed by atoms with Crippen molar-refractivity contribution < 1.29 is 28.5 Å². The number of carbonyl (C=O) groups excluding carboxylic acids is 4. The van der Waals surface area contributed by atoms with E-state index in [1.165, 1.54) is 30.3 Å². The lowest BCUT2D eigenvalue weighted by atomic mass is 9.82. The smallest absolute Gasteiger partial charge is 0.273 e. The molecule has 10 heteroatoms. The van der Waals surface area contributed by atoms with Crippen molar-refractivity contribution in [3.8, 4) is 0 Å². The number of hydrazine groups is 1. The Balaban J connectivity index is 1.71. The number of fused-ring (bicyclic) bond motifs is 1. The highest BCUT2D eigenvalue weighted by molar-refractivity contribution is 6.09. The molecule has 2 aliphatic rings. The molecular weight excluding hydrogens is 445 g/mol. The quantitative estimate of drug-likeness (QED) is 0.212. The fourth-order valence-electron chi connectivity index (χ4n) is 4.26. The van der Waals surface area contributed by atoms with Crippen LogP contribution in [0.2, 0.25) is 0 Å². The highest BCUT2D eigenvalue weighted by atomic mass is 19.1. The van der Waals surface area contributed by atoms with Crippen LogP contribution >= 0.6 is 0 Å². The average molecular weight is 465 g/mol. The van der Waals surface area contributed by atoms with Gasteiger partial charge in [0.1, 0.15) is 12.4 Å². The van der Waals surface area contributed by atoms with Gasteiger partial charge in [-0.2, -0.15) is 5.01 Å². The zero-order valence-corrected chi connectivity index (χ0v) is 18.1. The maximum absolute atomic E-state index is 13.4. The maximum Gasteiger partial charge on any atom is 0.273 e. The lowest BCUT2D eigenvalue weighted by Crippen LogP contribution is -2.52. The number of carbonyl (C=O) groups is 4. The third-order valence-electron chi connectivity index (χ3n) is 6.04. The number of hydrogen-bond donors (Lipinski definition) is 0. The molecule has 2 aromatic carbocycles. The third-order valence-corrected chi connectivity index (χ3v) is 6.04. The van der Waals surface area contributed by atoms with E-state index in [0.29, 0.717) is 17.9 Å². The predicted octanol–water partition coefficient (Wildman–Crippen LogP) is 3.32. The van der Waals surface area contributed by atoms with Crippen LogP contribution in [0.1, 0.15) is 40.5 Å². The molecule has 0 N–H and O–H groups in total. The van der Waals surface area contributed by atoms with E-state index in [2.05, 4.69) is 0 Å². The number of nitrogens with zero attached hydrogens (tertiary/aromatic N) is 3. The van der Waals surface area contributed by atoms with Gasteiger partial charge in [0.15, 0.2) is 5.78 Å². The number of hydrogen-bond acceptors (Lipinski definition) is 6. The summed E-state index contributed by atoms with van der Waals surface area (Å²) in [5, 5.41) is 12.6. The van der Waals surface area contributed by atoms with Crippen LogP contribution < -0.4 is 0 Å². The van der Waals surface area contributed by atoms with E-state index in [1.807, 2.05) is 13.0 Å². The zero-order chi connectivity index (χ0) is 24.6. The molecule has 0 bridgehead atoms. The summed E-state index contributed by atoms with van der Waals surface area (Å²) in [4.78, 5) is 63.2. The Labute approximate surface area is 193 Å². The van der Waals surface area contributed by atoms with Crippen molar-refractivity contribution in [3.05, 3.63) is 87.2 Å². The van der Waals surface area contributed by atoms with Crippen molar-refractivity contribution in [1.82, 2.24) is 10.0 Å². The van der Waals surface area contributed by atoms with Crippen LogP contribution in [-0.4, -0.2) is 45.0 Å². The first kappa shape index (κ1) is 23.0. The molecule has 0 saturated carbocycles. The molecule has 3 amide bonds. The number of allylic oxidation sites excluding steroid dienone is 2. The summed E-state index contributed by atoms with van der Waals surface area (Å²) < 4.78 is 13.3. The molecule has 9 nitrogen and oxygen atoms in total. The Morgan fingerprint density at radius 1 is 1.09 bits per heavy atom. The molecule has 0 spiro atoms. The monoisotopic (exact) mass is 465 g/mol. The molecule has 1 fully saturated rings. The first-order chi connectivity index (χ1) is 16.2. The fourth-order valence-corrected chi connectivity index (χ4v) is 4.26. The Kier molecular flexibility index (Phi) is 6.06. The van der Waals surface area contributed by atoms with Gasteiger partial charge in [0.2, 0.25) is 0 Å². The van der Waals surface area contributed by atoms with E-state index in [4.69, 9.17) is 0 Å². The SMILES string of the molecule is CC1=CC[C@@H]2C(=O)N(N(CC(=O)c3ccc(F)cc3)C(=O)c3cccc([N+](=O)[O-])c3)C(=O)[C@H]2C1. The predicted molar refractivity (Wildman–Crippen MR) is 117 cm³/mol. The number of nitro groups is 1. The molecule has 0 radical (unpaired) electrons. The van der Waals surface area contributed by atoms with Gasteiger partial charge in [-0.05, 0) is 50.1 Å². The summed E-state index contributed by atoms with van der Waals surface area (Å²) in [7, 11) is 0. The minimum Gasteiger partial charge on any atom is -0.292 e. The molecule has 174 valence electrons. The van der Waals surface area contributed by atoms with Crippen molar-refractivity contribution >= 4 is 29.2 Å². The van der Waals surface area contributed by atoms with Gasteiger partial charge in [-0.1, -0.05) is 17.7 Å². The summed E-state index contributed by atoms with van der Waals surface area (Å²) in [6, 6.07) is 9.43. The highest BCUT2D eigenvalue weighted by Gasteiger charge is 2.51. The second-order valence-corrected chi connectivity index (χ2v) is 8.29. The topological polar surface area (TPSA) is 118 Å². The van der Waals surface area contributed by atoms with Crippen LogP contribution in [0, 0.1) is 27.8 Å². The summed E-state index contributed by atoms with van der Waals surface area (Å²) in [6.07, 6.45) is 2.56. The first-order valence-corrected chi connectivity index (χ1v) is 10.6. The standard InChI is InChI=1S/C24H20FN3O6/c1-14-5-10-19-20(11-14)24(32)27(23(19)31)26(13-21(29)15-6-8-17(25)9-7-15)22(30)16-3-2-4-18(12-16)28(33)34/h2-9,12,19-20H,10-11,13H2,1H3/t19-,20-/m0/s1. The van der Waals surface area contributed by atoms with Crippen molar-refractivity contribution in [2.24, 2.45) is 11.8 Å². The van der Waals surface area contributed by atoms with Gasteiger partial charge in [-0.3, -0.25) is 29.3 Å². The normalized spacial score (nSPS) is 19.5. The molecular formula is C24H20FN3O6. The van der Waals surface area contributed by atoms with Crippen molar-refractivity contribution in [2.75, 3.05) is 6.54 Å². The first-order valence-electron chi connectivity index (χ1n) is 10.6. The van der Waals surface area contributed by atoms with E-state index < -0.39 is 52.6 Å². The van der Waals surface area contributed by atoms with Crippen molar-refractivity contribution in [1.29, 1.82) is 0 Å². The Bertz CT molecular complexity index is 1240. The van der Waals surface area contributed by atoms with E-state index in [1.54, 1.807) is 0 Å². The fraction of sp³-hybridized carbons (Fsp3) is 0.250. The van der Waals surface area contributed by atoms with E-state index in [-0.39, 0.29) is 16.8 Å². The molecule has 1 aliphatic heterocycles. The number of benzene rings is 2. The summed E-state index contributed by atoms with van der Waals surface area (Å²) in [5.74, 6) is -4.63. The van der Waals surface area contributed by atoms with Gasteiger partial charge in [-0.15, -0.1) is 0 Å². The number of non-ortho nitro benzene ring substituents is 1. The lowest BCUT2D eigenvalue weighted by molar-refractivity contribution is -0.384. The number of ketones is 1. The lowest BCUT2D eigenvalue weighted by Gasteiger charge is -2.30. The number of rotatable bonds is 6. The van der Waals surface area contributed by atoms with E-state index in [0.717, 1.165) is 28.8 Å². The van der Waals surface area contributed by atoms with Gasteiger partial charge in [0.25, 0.3) is 23.4 Å². The van der Waals surface area contributed by atoms with Gasteiger partial charge in [0, 0.05) is 23.3 Å². The molecule has 0 unspecified atom stereocenters. The van der Waals surface area contributed by atoms with Crippen LogP contribution in [0.3, 0.4) is 0 Å². The summed E-state index contributed by atoms with van der Waals surface area (Å²) >= 11 is 0. The van der Waals surface area contributed by atoms with Crippen LogP contribution in [0.4, 0.5) is 10.1 Å². The average Bonchev–Trinajstić information content (AvgIpc) is 3.06. The van der Waals surface area contributed by atoms with Gasteiger partial charge < -0.3 is 0 Å².